The van der Waals surface area contributed by atoms with Gasteiger partial charge in [0.2, 0.25) is 5.91 Å². The molecule has 4 N–H and O–H groups in total. The lowest BCUT2D eigenvalue weighted by atomic mass is 9.82. The summed E-state index contributed by atoms with van der Waals surface area (Å²) in [5, 5.41) is 23.5. The highest BCUT2D eigenvalue weighted by Crippen LogP contribution is 2.44. The maximum absolute atomic E-state index is 12.8. The molecule has 2 aromatic carbocycles. The number of aliphatic carboxylic acids is 1. The van der Waals surface area contributed by atoms with E-state index in [9.17, 15) is 19.5 Å². The highest BCUT2D eigenvalue weighted by Gasteiger charge is 2.31. The molecule has 2 aliphatic carbocycles. The number of nitrogens with one attached hydrogen (secondary N) is 2. The Bertz CT molecular complexity index is 1020. The van der Waals surface area contributed by atoms with E-state index in [4.69, 9.17) is 9.84 Å². The Morgan fingerprint density at radius 2 is 1.51 bits per heavy atom. The minimum absolute atomic E-state index is 0.0644. The monoisotopic (exact) mass is 480 g/mol. The summed E-state index contributed by atoms with van der Waals surface area (Å²) < 4.78 is 5.67. The van der Waals surface area contributed by atoms with Crippen LogP contribution in [0, 0.1) is 5.92 Å². The van der Waals surface area contributed by atoms with Gasteiger partial charge in [-0.15, -0.1) is 0 Å². The number of alkyl carbamates (subject to hydrolysis) is 1. The van der Waals surface area contributed by atoms with E-state index in [1.54, 1.807) is 0 Å². The number of amides is 2. The van der Waals surface area contributed by atoms with Crippen molar-refractivity contribution in [2.24, 2.45) is 5.92 Å². The molecule has 1 unspecified atom stereocenters. The Morgan fingerprint density at radius 3 is 2.09 bits per heavy atom. The van der Waals surface area contributed by atoms with Gasteiger partial charge in [-0.25, -0.2) is 9.59 Å². The standard InChI is InChI=1S/C27H32N2O6/c30-15-24(26(32)33)28-25(31)14-23(17-8-2-1-3-9-17)29-27(34)35-16-22-20-12-6-4-10-18(20)19-11-5-7-13-21(19)22/h4-7,10-13,17,22-24,30H,1-3,8-9,14-16H2,(H,28,31)(H,29,34)(H,32,33)/t23?,24-/m1/s1. The summed E-state index contributed by atoms with van der Waals surface area (Å²) in [4.78, 5) is 36.5. The molecular weight excluding hydrogens is 448 g/mol. The number of rotatable bonds is 9. The van der Waals surface area contributed by atoms with Gasteiger partial charge < -0.3 is 25.6 Å². The predicted octanol–water partition coefficient (Wildman–Crippen LogP) is 3.43. The first-order valence-corrected chi connectivity index (χ1v) is 12.2. The van der Waals surface area contributed by atoms with Crippen LogP contribution >= 0.6 is 0 Å². The zero-order valence-electron chi connectivity index (χ0n) is 19.6. The second-order valence-corrected chi connectivity index (χ2v) is 9.32. The lowest BCUT2D eigenvalue weighted by molar-refractivity contribution is -0.143. The van der Waals surface area contributed by atoms with Crippen molar-refractivity contribution in [2.75, 3.05) is 13.2 Å². The summed E-state index contributed by atoms with van der Waals surface area (Å²) in [6.45, 7) is -0.524. The minimum atomic E-state index is -1.37. The molecule has 0 bridgehead atoms. The van der Waals surface area contributed by atoms with Crippen LogP contribution in [0.25, 0.3) is 11.1 Å². The lowest BCUT2D eigenvalue weighted by Gasteiger charge is -2.30. The second-order valence-electron chi connectivity index (χ2n) is 9.32. The number of carboxylic acids is 1. The molecule has 0 aliphatic heterocycles. The van der Waals surface area contributed by atoms with Gasteiger partial charge in [0.25, 0.3) is 0 Å². The van der Waals surface area contributed by atoms with Crippen molar-refractivity contribution in [3.05, 3.63) is 59.7 Å². The number of carbonyl (C=O) groups is 3. The van der Waals surface area contributed by atoms with Crippen LogP contribution in [0.3, 0.4) is 0 Å². The van der Waals surface area contributed by atoms with Crippen LogP contribution in [0.1, 0.15) is 55.6 Å². The minimum Gasteiger partial charge on any atom is -0.480 e. The predicted molar refractivity (Wildman–Crippen MR) is 130 cm³/mol. The number of fused-ring (bicyclic) bond motifs is 3. The number of aliphatic hydroxyl groups is 1. The fourth-order valence-electron chi connectivity index (χ4n) is 5.30. The van der Waals surface area contributed by atoms with Gasteiger partial charge in [0.1, 0.15) is 12.6 Å². The zero-order valence-corrected chi connectivity index (χ0v) is 19.6. The Hall–Kier alpha value is -3.39. The molecule has 4 rings (SSSR count). The van der Waals surface area contributed by atoms with Crippen molar-refractivity contribution in [3.8, 4) is 11.1 Å². The average Bonchev–Trinajstić information content (AvgIpc) is 3.19. The molecule has 0 aromatic heterocycles. The first-order chi connectivity index (χ1) is 17.0. The highest BCUT2D eigenvalue weighted by atomic mass is 16.5. The molecule has 0 radical (unpaired) electrons. The van der Waals surface area contributed by atoms with Crippen LogP contribution in [0.4, 0.5) is 4.79 Å². The molecule has 0 heterocycles. The molecule has 2 aromatic rings. The van der Waals surface area contributed by atoms with Crippen molar-refractivity contribution in [2.45, 2.75) is 56.5 Å². The quantitative estimate of drug-likeness (QED) is 0.436. The number of carbonyl (C=O) groups excluding carboxylic acids is 2. The van der Waals surface area contributed by atoms with Crippen molar-refractivity contribution >= 4 is 18.0 Å². The SMILES string of the molecule is O=C(CC(NC(=O)OCC1c2ccccc2-c2ccccc21)C1CCCCC1)N[C@H](CO)C(=O)O. The number of aliphatic hydroxyl groups excluding tert-OH is 1. The van der Waals surface area contributed by atoms with Gasteiger partial charge in [0.05, 0.1) is 6.61 Å². The molecule has 8 heteroatoms. The number of hydrogen-bond acceptors (Lipinski definition) is 5. The van der Waals surface area contributed by atoms with Crippen molar-refractivity contribution < 1.29 is 29.3 Å². The Balaban J connectivity index is 1.41. The molecule has 2 aliphatic rings. The van der Waals surface area contributed by atoms with E-state index in [-0.39, 0.29) is 24.9 Å². The molecule has 2 atom stereocenters. The molecule has 8 nitrogen and oxygen atoms in total. The highest BCUT2D eigenvalue weighted by molar-refractivity contribution is 5.84. The molecule has 0 saturated heterocycles. The lowest BCUT2D eigenvalue weighted by Crippen LogP contribution is -2.48. The Labute approximate surface area is 204 Å². The molecule has 2 amide bonds. The summed E-state index contributed by atoms with van der Waals surface area (Å²) in [6, 6.07) is 14.4. The number of ether oxygens (including phenoxy) is 1. The van der Waals surface area contributed by atoms with E-state index in [1.165, 1.54) is 0 Å². The third-order valence-corrected chi connectivity index (χ3v) is 7.09. The van der Waals surface area contributed by atoms with E-state index >= 15 is 0 Å². The summed E-state index contributed by atoms with van der Waals surface area (Å²) in [6.07, 6.45) is 4.25. The summed E-state index contributed by atoms with van der Waals surface area (Å²) >= 11 is 0. The molecule has 1 saturated carbocycles. The normalized spacial score (nSPS) is 17.1. The molecule has 35 heavy (non-hydrogen) atoms. The smallest absolute Gasteiger partial charge is 0.407 e. The van der Waals surface area contributed by atoms with E-state index < -0.39 is 36.7 Å². The average molecular weight is 481 g/mol. The van der Waals surface area contributed by atoms with Gasteiger partial charge in [-0.3, -0.25) is 4.79 Å². The fraction of sp³-hybridized carbons (Fsp3) is 0.444. The van der Waals surface area contributed by atoms with Crippen LogP contribution in [0.2, 0.25) is 0 Å². The van der Waals surface area contributed by atoms with E-state index in [2.05, 4.69) is 34.9 Å². The van der Waals surface area contributed by atoms with E-state index in [0.717, 1.165) is 54.4 Å². The van der Waals surface area contributed by atoms with Gasteiger partial charge in [0, 0.05) is 18.4 Å². The fourth-order valence-corrected chi connectivity index (χ4v) is 5.30. The third kappa shape index (κ3) is 5.82. The van der Waals surface area contributed by atoms with E-state index in [1.807, 2.05) is 24.3 Å². The number of benzene rings is 2. The summed E-state index contributed by atoms with van der Waals surface area (Å²) in [5.74, 6) is -1.79. The summed E-state index contributed by atoms with van der Waals surface area (Å²) in [7, 11) is 0. The maximum Gasteiger partial charge on any atom is 0.407 e. The van der Waals surface area contributed by atoms with Crippen molar-refractivity contribution in [3.63, 3.8) is 0 Å². The maximum atomic E-state index is 12.8. The van der Waals surface area contributed by atoms with E-state index in [0.29, 0.717) is 0 Å². The van der Waals surface area contributed by atoms with Crippen LogP contribution in [0.5, 0.6) is 0 Å². The van der Waals surface area contributed by atoms with Crippen LogP contribution in [0.15, 0.2) is 48.5 Å². The van der Waals surface area contributed by atoms with Crippen molar-refractivity contribution in [1.82, 2.24) is 10.6 Å². The second kappa shape index (κ2) is 11.4. The largest absolute Gasteiger partial charge is 0.480 e. The Morgan fingerprint density at radius 1 is 0.914 bits per heavy atom. The number of hydrogen-bond donors (Lipinski definition) is 4. The first kappa shape index (κ1) is 24.7. The van der Waals surface area contributed by atoms with Crippen LogP contribution in [-0.2, 0) is 14.3 Å². The molecule has 1 fully saturated rings. The third-order valence-electron chi connectivity index (χ3n) is 7.09. The molecular formula is C27H32N2O6. The van der Waals surface area contributed by atoms with Gasteiger partial charge in [-0.1, -0.05) is 67.8 Å². The zero-order chi connectivity index (χ0) is 24.8. The topological polar surface area (TPSA) is 125 Å². The van der Waals surface area contributed by atoms with Gasteiger partial charge >= 0.3 is 12.1 Å². The Kier molecular flexibility index (Phi) is 8.02. The molecule has 0 spiro atoms. The number of carboxylic acid groups (broad SMARTS) is 1. The van der Waals surface area contributed by atoms with Crippen LogP contribution in [-0.4, -0.2) is 53.5 Å². The summed E-state index contributed by atoms with van der Waals surface area (Å²) in [5.41, 5.74) is 4.53. The molecule has 186 valence electrons. The van der Waals surface area contributed by atoms with Crippen LogP contribution < -0.4 is 10.6 Å². The first-order valence-electron chi connectivity index (χ1n) is 12.2. The van der Waals surface area contributed by atoms with Crippen molar-refractivity contribution in [1.29, 1.82) is 0 Å². The van der Waals surface area contributed by atoms with Gasteiger partial charge in [0.15, 0.2) is 0 Å². The van der Waals surface area contributed by atoms with Gasteiger partial charge in [-0.2, -0.15) is 0 Å². The van der Waals surface area contributed by atoms with Gasteiger partial charge in [-0.05, 0) is 41.0 Å².